The maximum Gasteiger partial charge on any atom is 0.146 e. The van der Waals surface area contributed by atoms with Gasteiger partial charge in [0.1, 0.15) is 11.6 Å². The minimum atomic E-state index is -0.595. The Labute approximate surface area is 75.2 Å². The predicted molar refractivity (Wildman–Crippen MR) is 46.5 cm³/mol. The van der Waals surface area contributed by atoms with Crippen LogP contribution in [0.5, 0.6) is 0 Å². The van der Waals surface area contributed by atoms with Crippen LogP contribution < -0.4 is 5.32 Å². The highest BCUT2D eigenvalue weighted by Crippen LogP contribution is 2.14. The lowest BCUT2D eigenvalue weighted by Crippen LogP contribution is -2.16. The van der Waals surface area contributed by atoms with Gasteiger partial charge in [0.15, 0.2) is 0 Å². The highest BCUT2D eigenvalue weighted by Gasteiger charge is 2.03. The first-order chi connectivity index (χ1) is 6.09. The lowest BCUT2D eigenvalue weighted by Gasteiger charge is -2.08. The number of hydrogen-bond acceptors (Lipinski definition) is 2. The van der Waals surface area contributed by atoms with Crippen LogP contribution in [0.25, 0.3) is 0 Å². The van der Waals surface area contributed by atoms with Crippen molar-refractivity contribution in [2.24, 2.45) is 0 Å². The average Bonchev–Trinajstić information content (AvgIpc) is 2.06. The molecule has 0 aliphatic carbocycles. The van der Waals surface area contributed by atoms with Crippen LogP contribution >= 0.6 is 0 Å². The van der Waals surface area contributed by atoms with Crippen LogP contribution in [0.15, 0.2) is 18.2 Å². The van der Waals surface area contributed by atoms with Crippen LogP contribution in [0.2, 0.25) is 0 Å². The van der Waals surface area contributed by atoms with Crippen molar-refractivity contribution >= 4 is 5.69 Å². The largest absolute Gasteiger partial charge is 0.392 e. The van der Waals surface area contributed by atoms with E-state index in [1.807, 2.05) is 0 Å². The molecule has 1 atom stereocenters. The van der Waals surface area contributed by atoms with Gasteiger partial charge in [0.2, 0.25) is 0 Å². The first kappa shape index (κ1) is 9.92. The highest BCUT2D eigenvalue weighted by atomic mass is 19.1. The Morgan fingerprint density at radius 1 is 1.46 bits per heavy atom. The van der Waals surface area contributed by atoms with E-state index in [1.165, 1.54) is 0 Å². The predicted octanol–water partition coefficient (Wildman–Crippen LogP) is 1.76. The standard InChI is InChI=1S/C9H11F2NO/c1-6(13)5-12-9-4-7(10)2-3-8(9)11/h2-4,6,12-13H,5H2,1H3/t6-/m0/s1. The fourth-order valence-electron chi connectivity index (χ4n) is 0.891. The number of aliphatic hydroxyl groups excluding tert-OH is 1. The molecule has 2 nitrogen and oxygen atoms in total. The molecule has 1 rings (SSSR count). The molecule has 0 radical (unpaired) electrons. The van der Waals surface area contributed by atoms with Crippen molar-refractivity contribution in [3.05, 3.63) is 29.8 Å². The van der Waals surface area contributed by atoms with Gasteiger partial charge in [-0.15, -0.1) is 0 Å². The molecule has 0 aromatic heterocycles. The topological polar surface area (TPSA) is 32.3 Å². The van der Waals surface area contributed by atoms with Gasteiger partial charge in [-0.1, -0.05) is 0 Å². The minimum Gasteiger partial charge on any atom is -0.392 e. The van der Waals surface area contributed by atoms with E-state index in [4.69, 9.17) is 5.11 Å². The summed E-state index contributed by atoms with van der Waals surface area (Å²) in [6, 6.07) is 3.14. The van der Waals surface area contributed by atoms with Gasteiger partial charge in [-0.05, 0) is 25.1 Å². The number of aliphatic hydroxyl groups is 1. The molecular formula is C9H11F2NO. The van der Waals surface area contributed by atoms with E-state index in [0.717, 1.165) is 18.2 Å². The van der Waals surface area contributed by atoms with Crippen LogP contribution in [-0.2, 0) is 0 Å². The minimum absolute atomic E-state index is 0.0703. The zero-order valence-electron chi connectivity index (χ0n) is 7.22. The molecule has 0 saturated carbocycles. The van der Waals surface area contributed by atoms with E-state index in [0.29, 0.717) is 0 Å². The summed E-state index contributed by atoms with van der Waals surface area (Å²) in [6.07, 6.45) is -0.595. The van der Waals surface area contributed by atoms with Crippen molar-refractivity contribution in [1.29, 1.82) is 0 Å². The summed E-state index contributed by atoms with van der Waals surface area (Å²) in [5, 5.41) is 11.5. The third-order valence-electron chi connectivity index (χ3n) is 1.52. The van der Waals surface area contributed by atoms with Gasteiger partial charge in [-0.2, -0.15) is 0 Å². The van der Waals surface area contributed by atoms with Gasteiger partial charge in [0.05, 0.1) is 11.8 Å². The maximum atomic E-state index is 12.9. The number of benzene rings is 1. The molecule has 13 heavy (non-hydrogen) atoms. The first-order valence-corrected chi connectivity index (χ1v) is 3.96. The smallest absolute Gasteiger partial charge is 0.146 e. The Bertz CT molecular complexity index is 289. The van der Waals surface area contributed by atoms with Gasteiger partial charge in [0, 0.05) is 6.54 Å². The number of anilines is 1. The maximum absolute atomic E-state index is 12.9. The molecule has 0 spiro atoms. The van der Waals surface area contributed by atoms with Gasteiger partial charge >= 0.3 is 0 Å². The summed E-state index contributed by atoms with van der Waals surface area (Å²) in [4.78, 5) is 0. The molecule has 0 bridgehead atoms. The molecule has 1 aromatic carbocycles. The second kappa shape index (κ2) is 4.18. The van der Waals surface area contributed by atoms with Gasteiger partial charge < -0.3 is 10.4 Å². The van der Waals surface area contributed by atoms with Crippen molar-refractivity contribution in [3.63, 3.8) is 0 Å². The molecule has 0 heterocycles. The van der Waals surface area contributed by atoms with Gasteiger partial charge in [0.25, 0.3) is 0 Å². The Balaban J connectivity index is 2.70. The van der Waals surface area contributed by atoms with E-state index in [9.17, 15) is 8.78 Å². The zero-order valence-corrected chi connectivity index (χ0v) is 7.22. The molecular weight excluding hydrogens is 176 g/mol. The summed E-state index contributed by atoms with van der Waals surface area (Å²) in [6.45, 7) is 1.75. The van der Waals surface area contributed by atoms with Crippen LogP contribution in [0, 0.1) is 11.6 Å². The van der Waals surface area contributed by atoms with Gasteiger partial charge in [-0.25, -0.2) is 8.78 Å². The van der Waals surface area contributed by atoms with Gasteiger partial charge in [-0.3, -0.25) is 0 Å². The van der Waals surface area contributed by atoms with E-state index in [2.05, 4.69) is 5.32 Å². The summed E-state index contributed by atoms with van der Waals surface area (Å²) in [7, 11) is 0. The lowest BCUT2D eigenvalue weighted by atomic mass is 10.3. The Kier molecular flexibility index (Phi) is 3.19. The second-order valence-electron chi connectivity index (χ2n) is 2.85. The van der Waals surface area contributed by atoms with Crippen molar-refractivity contribution in [2.45, 2.75) is 13.0 Å². The molecule has 0 saturated heterocycles. The summed E-state index contributed by atoms with van der Waals surface area (Å²) >= 11 is 0. The zero-order chi connectivity index (χ0) is 9.84. The fraction of sp³-hybridized carbons (Fsp3) is 0.333. The Morgan fingerprint density at radius 3 is 2.77 bits per heavy atom. The van der Waals surface area contributed by atoms with E-state index < -0.39 is 17.7 Å². The van der Waals surface area contributed by atoms with Crippen molar-refractivity contribution in [3.8, 4) is 0 Å². The van der Waals surface area contributed by atoms with E-state index in [1.54, 1.807) is 6.92 Å². The van der Waals surface area contributed by atoms with E-state index >= 15 is 0 Å². The Morgan fingerprint density at radius 2 is 2.15 bits per heavy atom. The number of nitrogens with one attached hydrogen (secondary N) is 1. The summed E-state index contributed by atoms with van der Waals surface area (Å²) < 4.78 is 25.5. The third kappa shape index (κ3) is 2.99. The lowest BCUT2D eigenvalue weighted by molar-refractivity contribution is 0.208. The molecule has 0 unspecified atom stereocenters. The summed E-state index contributed by atoms with van der Waals surface area (Å²) in [5.41, 5.74) is 0.0703. The normalized spacial score (nSPS) is 12.6. The molecule has 0 fully saturated rings. The highest BCUT2D eigenvalue weighted by molar-refractivity contribution is 5.44. The molecule has 0 amide bonds. The second-order valence-corrected chi connectivity index (χ2v) is 2.85. The first-order valence-electron chi connectivity index (χ1n) is 3.96. The molecule has 4 heteroatoms. The molecule has 0 aliphatic heterocycles. The molecule has 0 aliphatic rings. The number of halogens is 2. The molecule has 72 valence electrons. The quantitative estimate of drug-likeness (QED) is 0.755. The molecule has 2 N–H and O–H groups in total. The van der Waals surface area contributed by atoms with Crippen LogP contribution in [0.3, 0.4) is 0 Å². The van der Waals surface area contributed by atoms with Crippen molar-refractivity contribution < 1.29 is 13.9 Å². The monoisotopic (exact) mass is 187 g/mol. The van der Waals surface area contributed by atoms with Crippen molar-refractivity contribution in [2.75, 3.05) is 11.9 Å². The van der Waals surface area contributed by atoms with E-state index in [-0.39, 0.29) is 12.2 Å². The fourth-order valence-corrected chi connectivity index (χ4v) is 0.891. The van der Waals surface area contributed by atoms with Crippen molar-refractivity contribution in [1.82, 2.24) is 0 Å². The van der Waals surface area contributed by atoms with Crippen LogP contribution in [-0.4, -0.2) is 17.8 Å². The van der Waals surface area contributed by atoms with Crippen LogP contribution in [0.1, 0.15) is 6.92 Å². The SMILES string of the molecule is C[C@H](O)CNc1cc(F)ccc1F. The number of rotatable bonds is 3. The Hall–Kier alpha value is -1.16. The average molecular weight is 187 g/mol. The molecule has 1 aromatic rings. The van der Waals surface area contributed by atoms with Crippen LogP contribution in [0.4, 0.5) is 14.5 Å². The summed E-state index contributed by atoms with van der Waals surface area (Å²) in [5.74, 6) is -1.03. The third-order valence-corrected chi connectivity index (χ3v) is 1.52. The number of hydrogen-bond donors (Lipinski definition) is 2.